The van der Waals surface area contributed by atoms with E-state index in [9.17, 15) is 4.79 Å². The summed E-state index contributed by atoms with van der Waals surface area (Å²) in [5.41, 5.74) is 1.56. The molecule has 0 unspecified atom stereocenters. The maximum atomic E-state index is 12.7. The van der Waals surface area contributed by atoms with E-state index in [4.69, 9.17) is 13.9 Å². The van der Waals surface area contributed by atoms with Gasteiger partial charge in [0.1, 0.15) is 11.3 Å². The molecule has 0 bridgehead atoms. The maximum absolute atomic E-state index is 12.7. The van der Waals surface area contributed by atoms with Gasteiger partial charge in [-0.15, -0.1) is 0 Å². The number of carbonyl (C=O) groups excluding carboxylic acids is 1. The molecule has 1 aromatic heterocycles. The number of fused-ring (bicyclic) bond motifs is 1. The lowest BCUT2D eigenvalue weighted by molar-refractivity contribution is 0.0610. The molecule has 6 nitrogen and oxygen atoms in total. The first kappa shape index (κ1) is 18.3. The van der Waals surface area contributed by atoms with Crippen LogP contribution in [-0.2, 0) is 4.74 Å². The van der Waals surface area contributed by atoms with Crippen molar-refractivity contribution in [2.75, 3.05) is 33.4 Å². The Labute approximate surface area is 159 Å². The predicted octanol–water partition coefficient (Wildman–Crippen LogP) is 3.12. The van der Waals surface area contributed by atoms with Crippen LogP contribution in [0.2, 0.25) is 0 Å². The van der Waals surface area contributed by atoms with E-state index in [1.807, 2.05) is 25.1 Å². The first-order valence-corrected chi connectivity index (χ1v) is 9.86. The molecule has 1 aromatic carbocycles. The molecule has 0 aliphatic carbocycles. The fraction of sp³-hybridized carbons (Fsp3) is 0.571. The zero-order valence-corrected chi connectivity index (χ0v) is 16.1. The molecular formula is C21H28N2O4. The highest BCUT2D eigenvalue weighted by atomic mass is 16.5. The number of methoxy groups -OCH3 is 1. The van der Waals surface area contributed by atoms with E-state index in [0.717, 1.165) is 55.8 Å². The van der Waals surface area contributed by atoms with Crippen molar-refractivity contribution >= 4 is 16.9 Å². The fourth-order valence-corrected chi connectivity index (χ4v) is 4.14. The zero-order chi connectivity index (χ0) is 18.8. The van der Waals surface area contributed by atoms with Crippen LogP contribution in [0.1, 0.15) is 41.8 Å². The van der Waals surface area contributed by atoms with Gasteiger partial charge in [0, 0.05) is 49.3 Å². The molecule has 1 N–H and O–H groups in total. The Morgan fingerprint density at radius 2 is 2.11 bits per heavy atom. The summed E-state index contributed by atoms with van der Waals surface area (Å²) in [5, 5.41) is 4.11. The number of piperidine rings is 1. The molecule has 0 radical (unpaired) electrons. The first-order valence-electron chi connectivity index (χ1n) is 9.86. The number of furan rings is 1. The topological polar surface area (TPSA) is 63.9 Å². The molecule has 2 aliphatic heterocycles. The van der Waals surface area contributed by atoms with E-state index in [1.54, 1.807) is 7.11 Å². The summed E-state index contributed by atoms with van der Waals surface area (Å²) in [6, 6.07) is 5.84. The van der Waals surface area contributed by atoms with Crippen LogP contribution in [0.4, 0.5) is 0 Å². The zero-order valence-electron chi connectivity index (χ0n) is 16.1. The summed E-state index contributed by atoms with van der Waals surface area (Å²) in [6.07, 6.45) is 4.68. The lowest BCUT2D eigenvalue weighted by atomic mass is 10.0. The van der Waals surface area contributed by atoms with E-state index in [-0.39, 0.29) is 11.9 Å². The maximum Gasteiger partial charge on any atom is 0.287 e. The number of nitrogens with one attached hydrogen (secondary N) is 1. The highest BCUT2D eigenvalue weighted by Gasteiger charge is 2.26. The molecule has 0 spiro atoms. The van der Waals surface area contributed by atoms with Crippen molar-refractivity contribution < 1.29 is 18.7 Å². The van der Waals surface area contributed by atoms with Crippen LogP contribution in [0.3, 0.4) is 0 Å². The second kappa shape index (κ2) is 7.90. The minimum atomic E-state index is -0.125. The lowest BCUT2D eigenvalue weighted by Crippen LogP contribution is -2.46. The van der Waals surface area contributed by atoms with Crippen LogP contribution in [0, 0.1) is 6.92 Å². The molecule has 2 aromatic rings. The highest BCUT2D eigenvalue weighted by Crippen LogP contribution is 2.29. The van der Waals surface area contributed by atoms with E-state index in [0.29, 0.717) is 17.4 Å². The van der Waals surface area contributed by atoms with Gasteiger partial charge in [-0.2, -0.15) is 0 Å². The number of carbonyl (C=O) groups is 1. The summed E-state index contributed by atoms with van der Waals surface area (Å²) in [5.74, 6) is 1.00. The van der Waals surface area contributed by atoms with Gasteiger partial charge in [-0.3, -0.25) is 4.79 Å². The molecule has 27 heavy (non-hydrogen) atoms. The fourth-order valence-electron chi connectivity index (χ4n) is 4.14. The van der Waals surface area contributed by atoms with Gasteiger partial charge in [-0.05, 0) is 44.7 Å². The summed E-state index contributed by atoms with van der Waals surface area (Å²) < 4.78 is 16.8. The number of aryl methyl sites for hydroxylation is 1. The van der Waals surface area contributed by atoms with Crippen LogP contribution in [0.25, 0.3) is 11.0 Å². The molecule has 146 valence electrons. The summed E-state index contributed by atoms with van der Waals surface area (Å²) in [7, 11) is 1.62. The Balaban J connectivity index is 1.35. The monoisotopic (exact) mass is 372 g/mol. The SMILES string of the molecule is COc1ccc2c(C)c(C(=O)NC3CCN(C[C@H]4CCCO4)CC3)oc2c1. The van der Waals surface area contributed by atoms with Crippen molar-refractivity contribution in [1.82, 2.24) is 10.2 Å². The number of benzene rings is 1. The summed E-state index contributed by atoms with van der Waals surface area (Å²) in [6.45, 7) is 5.85. The average molecular weight is 372 g/mol. The first-order chi connectivity index (χ1) is 13.1. The molecule has 1 amide bonds. The molecule has 0 saturated carbocycles. The molecule has 6 heteroatoms. The predicted molar refractivity (Wildman–Crippen MR) is 103 cm³/mol. The number of amides is 1. The smallest absolute Gasteiger partial charge is 0.287 e. The Bertz CT molecular complexity index is 802. The van der Waals surface area contributed by atoms with E-state index in [2.05, 4.69) is 10.2 Å². The van der Waals surface area contributed by atoms with E-state index in [1.165, 1.54) is 12.8 Å². The standard InChI is InChI=1S/C21H28N2O4/c1-14-18-6-5-16(25-2)12-19(18)27-20(14)21(24)22-15-7-9-23(10-8-15)13-17-4-3-11-26-17/h5-6,12,15,17H,3-4,7-11,13H2,1-2H3,(H,22,24)/t17-/m1/s1. The lowest BCUT2D eigenvalue weighted by Gasteiger charge is -2.33. The van der Waals surface area contributed by atoms with Crippen molar-refractivity contribution in [1.29, 1.82) is 0 Å². The van der Waals surface area contributed by atoms with Crippen LogP contribution in [0.15, 0.2) is 22.6 Å². The molecule has 3 heterocycles. The van der Waals surface area contributed by atoms with Crippen molar-refractivity contribution in [3.05, 3.63) is 29.5 Å². The molecule has 2 saturated heterocycles. The van der Waals surface area contributed by atoms with E-state index < -0.39 is 0 Å². The highest BCUT2D eigenvalue weighted by molar-refractivity contribution is 5.99. The molecule has 4 rings (SSSR count). The van der Waals surface area contributed by atoms with E-state index >= 15 is 0 Å². The van der Waals surface area contributed by atoms with Crippen molar-refractivity contribution in [2.24, 2.45) is 0 Å². The van der Waals surface area contributed by atoms with Crippen molar-refractivity contribution in [2.45, 2.75) is 44.8 Å². The molecule has 2 fully saturated rings. The molecule has 1 atom stereocenters. The molecular weight excluding hydrogens is 344 g/mol. The Morgan fingerprint density at radius 3 is 2.81 bits per heavy atom. The van der Waals surface area contributed by atoms with Gasteiger partial charge in [0.2, 0.25) is 0 Å². The van der Waals surface area contributed by atoms with Crippen LogP contribution < -0.4 is 10.1 Å². The van der Waals surface area contributed by atoms with Crippen molar-refractivity contribution in [3.63, 3.8) is 0 Å². The minimum absolute atomic E-state index is 0.125. The number of ether oxygens (including phenoxy) is 2. The van der Waals surface area contributed by atoms with Gasteiger partial charge in [-0.1, -0.05) is 0 Å². The van der Waals surface area contributed by atoms with Crippen molar-refractivity contribution in [3.8, 4) is 5.75 Å². The van der Waals surface area contributed by atoms with Gasteiger partial charge in [0.25, 0.3) is 5.91 Å². The Morgan fingerprint density at radius 1 is 1.30 bits per heavy atom. The van der Waals surface area contributed by atoms with Gasteiger partial charge in [0.05, 0.1) is 13.2 Å². The third-order valence-corrected chi connectivity index (χ3v) is 5.76. The van der Waals surface area contributed by atoms with Crippen LogP contribution in [0.5, 0.6) is 5.75 Å². The summed E-state index contributed by atoms with van der Waals surface area (Å²) in [4.78, 5) is 15.2. The number of nitrogens with zero attached hydrogens (tertiary/aromatic N) is 1. The second-order valence-corrected chi connectivity index (χ2v) is 7.60. The minimum Gasteiger partial charge on any atom is -0.497 e. The second-order valence-electron chi connectivity index (χ2n) is 7.60. The third kappa shape index (κ3) is 3.96. The number of hydrogen-bond donors (Lipinski definition) is 1. The normalized spacial score (nSPS) is 21.6. The quantitative estimate of drug-likeness (QED) is 0.874. The largest absolute Gasteiger partial charge is 0.497 e. The number of likely N-dealkylation sites (tertiary alicyclic amines) is 1. The Kier molecular flexibility index (Phi) is 5.36. The van der Waals surface area contributed by atoms with Crippen LogP contribution >= 0.6 is 0 Å². The molecule has 2 aliphatic rings. The van der Waals surface area contributed by atoms with Gasteiger partial charge >= 0.3 is 0 Å². The van der Waals surface area contributed by atoms with Gasteiger partial charge < -0.3 is 24.1 Å². The Hall–Kier alpha value is -2.05. The third-order valence-electron chi connectivity index (χ3n) is 5.76. The number of rotatable bonds is 5. The van der Waals surface area contributed by atoms with Crippen LogP contribution in [-0.4, -0.2) is 56.3 Å². The average Bonchev–Trinajstić information content (AvgIpc) is 3.31. The van der Waals surface area contributed by atoms with Gasteiger partial charge in [-0.25, -0.2) is 0 Å². The number of hydrogen-bond acceptors (Lipinski definition) is 5. The summed E-state index contributed by atoms with van der Waals surface area (Å²) >= 11 is 0. The van der Waals surface area contributed by atoms with Gasteiger partial charge in [0.15, 0.2) is 5.76 Å².